The molecule has 0 aliphatic rings. The zero-order chi connectivity index (χ0) is 6.73. The molecule has 0 aliphatic heterocycles. The van der Waals surface area contributed by atoms with Crippen LogP contribution in [0.5, 0.6) is 0 Å². The van der Waals surface area contributed by atoms with Gasteiger partial charge in [0.1, 0.15) is 0 Å². The summed E-state index contributed by atoms with van der Waals surface area (Å²) in [5.74, 6) is 0. The minimum atomic E-state index is -0.388. The minimum Gasteiger partial charge on any atom is -0.351 e. The van der Waals surface area contributed by atoms with Gasteiger partial charge >= 0.3 is 6.03 Å². The van der Waals surface area contributed by atoms with E-state index in [0.29, 0.717) is 0 Å². The number of urea groups is 1. The first kappa shape index (κ1) is 8.00. The third-order valence-corrected chi connectivity index (χ3v) is 2.25. The fourth-order valence-corrected chi connectivity index (χ4v) is 0.254. The molecule has 3 nitrogen and oxygen atoms in total. The Morgan fingerprint density at radius 2 is 2.12 bits per heavy atom. The fourth-order valence-electron chi connectivity index (χ4n) is 0.254. The van der Waals surface area contributed by atoms with Crippen molar-refractivity contribution >= 4 is 28.9 Å². The molecular weight excluding hydrogens is 219 g/mol. The van der Waals surface area contributed by atoms with Crippen molar-refractivity contribution in [3.63, 3.8) is 0 Å². The first-order valence-corrected chi connectivity index (χ1v) is 3.26. The quantitative estimate of drug-likeness (QED) is 0.530. The van der Waals surface area contributed by atoms with Gasteiger partial charge in [0.2, 0.25) is 0 Å². The monoisotopic (exact) mass is 228 g/mol. The Hall–Kier alpha value is 0. The molecule has 0 aromatic carbocycles. The van der Waals surface area contributed by atoms with Crippen LogP contribution in [-0.2, 0) is 0 Å². The van der Waals surface area contributed by atoms with Crippen LogP contribution in [-0.4, -0.2) is 15.2 Å². The fraction of sp³-hybridized carbons (Fsp3) is 0.750. The molecule has 2 amide bonds. The normalized spacial score (nSPS) is 9.50. The van der Waals surface area contributed by atoms with E-state index in [1.54, 1.807) is 0 Å². The summed E-state index contributed by atoms with van der Waals surface area (Å²) < 4.78 is 1.44. The van der Waals surface area contributed by atoms with E-state index in [1.807, 2.05) is 36.7 Å². The van der Waals surface area contributed by atoms with E-state index in [2.05, 4.69) is 0 Å². The second-order valence-electron chi connectivity index (χ2n) is 1.74. The molecular formula is C4H9IN2O. The van der Waals surface area contributed by atoms with Crippen molar-refractivity contribution in [2.24, 2.45) is 5.73 Å². The lowest BCUT2D eigenvalue weighted by Crippen LogP contribution is -2.32. The minimum absolute atomic E-state index is 0.188. The molecule has 0 rings (SSSR count). The summed E-state index contributed by atoms with van der Waals surface area (Å²) in [7, 11) is 0. The predicted octanol–water partition coefficient (Wildman–Crippen LogP) is 1.13. The molecule has 0 saturated heterocycles. The molecule has 48 valence electrons. The number of hydrogen-bond acceptors (Lipinski definition) is 1. The molecule has 0 aromatic rings. The van der Waals surface area contributed by atoms with Crippen LogP contribution in [0, 0.1) is 0 Å². The van der Waals surface area contributed by atoms with Crippen LogP contribution < -0.4 is 5.73 Å². The number of hydrogen-bond donors (Lipinski definition) is 1. The Kier molecular flexibility index (Phi) is 3.11. The van der Waals surface area contributed by atoms with Gasteiger partial charge in [-0.1, -0.05) is 0 Å². The van der Waals surface area contributed by atoms with E-state index in [9.17, 15) is 4.79 Å². The summed E-state index contributed by atoms with van der Waals surface area (Å²) in [5.41, 5.74) is 4.92. The van der Waals surface area contributed by atoms with Crippen LogP contribution in [0.15, 0.2) is 0 Å². The van der Waals surface area contributed by atoms with Gasteiger partial charge in [0.15, 0.2) is 0 Å². The van der Waals surface area contributed by atoms with Crippen molar-refractivity contribution in [2.45, 2.75) is 19.9 Å². The molecule has 0 unspecified atom stereocenters. The second kappa shape index (κ2) is 3.11. The van der Waals surface area contributed by atoms with Gasteiger partial charge in [0.05, 0.1) is 22.9 Å². The third kappa shape index (κ3) is 2.34. The molecule has 0 saturated carbocycles. The molecule has 0 aliphatic carbocycles. The molecule has 2 N–H and O–H groups in total. The first-order valence-electron chi connectivity index (χ1n) is 2.30. The summed E-state index contributed by atoms with van der Waals surface area (Å²) >= 11 is 1.88. The summed E-state index contributed by atoms with van der Waals surface area (Å²) in [4.78, 5) is 10.3. The van der Waals surface area contributed by atoms with Gasteiger partial charge in [-0.05, 0) is 13.8 Å². The summed E-state index contributed by atoms with van der Waals surface area (Å²) in [6.07, 6.45) is 0. The van der Waals surface area contributed by atoms with Gasteiger partial charge in [-0.25, -0.2) is 4.79 Å². The van der Waals surface area contributed by atoms with Gasteiger partial charge in [-0.15, -0.1) is 0 Å². The molecule has 4 heteroatoms. The highest BCUT2D eigenvalue weighted by molar-refractivity contribution is 14.1. The molecule has 0 bridgehead atoms. The van der Waals surface area contributed by atoms with Crippen LogP contribution in [0.25, 0.3) is 0 Å². The van der Waals surface area contributed by atoms with E-state index in [-0.39, 0.29) is 12.1 Å². The Labute approximate surface area is 62.7 Å². The Morgan fingerprint density at radius 1 is 1.75 bits per heavy atom. The molecule has 0 fully saturated rings. The maximum absolute atomic E-state index is 10.3. The van der Waals surface area contributed by atoms with E-state index in [4.69, 9.17) is 5.73 Å². The number of halogens is 1. The highest BCUT2D eigenvalue weighted by atomic mass is 127. The van der Waals surface area contributed by atoms with Gasteiger partial charge in [-0.3, -0.25) is 3.11 Å². The van der Waals surface area contributed by atoms with E-state index >= 15 is 0 Å². The van der Waals surface area contributed by atoms with Gasteiger partial charge in [0, 0.05) is 6.04 Å². The van der Waals surface area contributed by atoms with Crippen molar-refractivity contribution < 1.29 is 4.79 Å². The highest BCUT2D eigenvalue weighted by Gasteiger charge is 2.07. The smallest absolute Gasteiger partial charge is 0.323 e. The van der Waals surface area contributed by atoms with Gasteiger partial charge in [-0.2, -0.15) is 0 Å². The maximum Gasteiger partial charge on any atom is 0.323 e. The van der Waals surface area contributed by atoms with E-state index in [1.165, 1.54) is 3.11 Å². The van der Waals surface area contributed by atoms with Crippen LogP contribution in [0.3, 0.4) is 0 Å². The lowest BCUT2D eigenvalue weighted by atomic mass is 10.4. The number of rotatable bonds is 1. The Bertz CT molecular complexity index is 94.0. The summed E-state index contributed by atoms with van der Waals surface area (Å²) in [6.45, 7) is 3.80. The van der Waals surface area contributed by atoms with Crippen LogP contribution >= 0.6 is 22.9 Å². The zero-order valence-electron chi connectivity index (χ0n) is 4.89. The standard InChI is InChI=1S/C4H9IN2O/c1-3(2)7(5)4(6)8/h3H,1-2H3,(H2,6,8). The number of amides is 2. The van der Waals surface area contributed by atoms with Crippen LogP contribution in [0.4, 0.5) is 4.79 Å². The van der Waals surface area contributed by atoms with Gasteiger partial charge in [0.25, 0.3) is 0 Å². The van der Waals surface area contributed by atoms with Crippen molar-refractivity contribution in [3.05, 3.63) is 0 Å². The SMILES string of the molecule is CC(C)N(I)C(N)=O. The summed E-state index contributed by atoms with van der Waals surface area (Å²) in [5, 5.41) is 0. The van der Waals surface area contributed by atoms with Crippen molar-refractivity contribution in [1.82, 2.24) is 3.11 Å². The largest absolute Gasteiger partial charge is 0.351 e. The molecule has 0 radical (unpaired) electrons. The number of carbonyl (C=O) groups is 1. The lowest BCUT2D eigenvalue weighted by molar-refractivity contribution is 0.233. The number of nitrogens with two attached hydrogens (primary N) is 1. The molecule has 0 atom stereocenters. The van der Waals surface area contributed by atoms with Crippen LogP contribution in [0.2, 0.25) is 0 Å². The molecule has 0 heterocycles. The average molecular weight is 228 g/mol. The number of carbonyl (C=O) groups excluding carboxylic acids is 1. The number of nitrogens with zero attached hydrogens (tertiary/aromatic N) is 1. The maximum atomic E-state index is 10.3. The van der Waals surface area contributed by atoms with E-state index < -0.39 is 0 Å². The second-order valence-corrected chi connectivity index (χ2v) is 2.78. The zero-order valence-corrected chi connectivity index (χ0v) is 7.05. The van der Waals surface area contributed by atoms with Crippen molar-refractivity contribution in [2.75, 3.05) is 0 Å². The first-order chi connectivity index (χ1) is 3.55. The van der Waals surface area contributed by atoms with Crippen molar-refractivity contribution in [1.29, 1.82) is 0 Å². The van der Waals surface area contributed by atoms with Crippen LogP contribution in [0.1, 0.15) is 13.8 Å². The molecule has 0 spiro atoms. The molecule has 8 heavy (non-hydrogen) atoms. The van der Waals surface area contributed by atoms with Gasteiger partial charge < -0.3 is 5.73 Å². The predicted molar refractivity (Wildman–Crippen MR) is 40.6 cm³/mol. The van der Waals surface area contributed by atoms with E-state index in [0.717, 1.165) is 0 Å². The lowest BCUT2D eigenvalue weighted by Gasteiger charge is -2.14. The third-order valence-electron chi connectivity index (χ3n) is 0.664. The Balaban J connectivity index is 3.64. The Morgan fingerprint density at radius 3 is 2.12 bits per heavy atom. The topological polar surface area (TPSA) is 46.3 Å². The molecule has 0 aromatic heterocycles. The van der Waals surface area contributed by atoms with Crippen molar-refractivity contribution in [3.8, 4) is 0 Å². The highest BCUT2D eigenvalue weighted by Crippen LogP contribution is 2.03. The number of primary amides is 1. The average Bonchev–Trinajstić information content (AvgIpc) is 1.64. The summed E-state index contributed by atoms with van der Waals surface area (Å²) in [6, 6.07) is -0.200.